The lowest BCUT2D eigenvalue weighted by Crippen LogP contribution is -2.16. The van der Waals surface area contributed by atoms with Crippen LogP contribution in [-0.4, -0.2) is 41.0 Å². The lowest BCUT2D eigenvalue weighted by molar-refractivity contribution is 0.353. The van der Waals surface area contributed by atoms with Gasteiger partial charge in [0, 0.05) is 11.8 Å². The average molecular weight is 554 g/mol. The van der Waals surface area contributed by atoms with Gasteiger partial charge in [0.15, 0.2) is 5.82 Å². The number of benzene rings is 2. The van der Waals surface area contributed by atoms with Crippen molar-refractivity contribution in [1.82, 2.24) is 9.97 Å². The molecule has 2 N–H and O–H groups in total. The van der Waals surface area contributed by atoms with Crippen molar-refractivity contribution in [2.45, 2.75) is 9.79 Å². The van der Waals surface area contributed by atoms with E-state index in [0.29, 0.717) is 0 Å². The Morgan fingerprint density at radius 3 is 2.00 bits per heavy atom. The maximum absolute atomic E-state index is 12.7. The zero-order chi connectivity index (χ0) is 24.4. The summed E-state index contributed by atoms with van der Waals surface area (Å²) >= 11 is 17.7. The SMILES string of the molecule is COc1cc(NS(=O)(=O)c2ccc(NS(=O)(=O)c3cc(Cl)c(Cl)cc3Cl)cc2)nc(OC)n1. The van der Waals surface area contributed by atoms with E-state index in [0.717, 1.165) is 6.07 Å². The van der Waals surface area contributed by atoms with Crippen LogP contribution in [0, 0.1) is 0 Å². The van der Waals surface area contributed by atoms with Crippen molar-refractivity contribution in [1.29, 1.82) is 0 Å². The molecule has 0 spiro atoms. The molecule has 0 bridgehead atoms. The Morgan fingerprint density at radius 2 is 1.39 bits per heavy atom. The van der Waals surface area contributed by atoms with Gasteiger partial charge < -0.3 is 9.47 Å². The van der Waals surface area contributed by atoms with Crippen molar-refractivity contribution in [2.24, 2.45) is 0 Å². The third-order valence-corrected chi connectivity index (χ3v) is 7.93. The second kappa shape index (κ2) is 9.77. The van der Waals surface area contributed by atoms with E-state index < -0.39 is 20.0 Å². The van der Waals surface area contributed by atoms with E-state index in [2.05, 4.69) is 19.4 Å². The van der Waals surface area contributed by atoms with Crippen molar-refractivity contribution >= 4 is 66.4 Å². The molecule has 0 aliphatic heterocycles. The number of halogens is 3. The molecule has 3 rings (SSSR count). The van der Waals surface area contributed by atoms with E-state index in [1.54, 1.807) is 0 Å². The van der Waals surface area contributed by atoms with Gasteiger partial charge in [-0.05, 0) is 36.4 Å². The van der Waals surface area contributed by atoms with Crippen LogP contribution >= 0.6 is 34.8 Å². The minimum absolute atomic E-state index is 0.00643. The number of hydrogen-bond donors (Lipinski definition) is 2. The molecule has 2 aromatic carbocycles. The normalized spacial score (nSPS) is 11.7. The Balaban J connectivity index is 1.83. The molecule has 33 heavy (non-hydrogen) atoms. The smallest absolute Gasteiger partial charge is 0.321 e. The van der Waals surface area contributed by atoms with Crippen LogP contribution in [-0.2, 0) is 20.0 Å². The number of ether oxygens (including phenoxy) is 2. The molecule has 0 aliphatic rings. The molecule has 1 heterocycles. The van der Waals surface area contributed by atoms with Gasteiger partial charge in [0.1, 0.15) is 4.90 Å². The highest BCUT2D eigenvalue weighted by atomic mass is 35.5. The fraction of sp³-hybridized carbons (Fsp3) is 0.111. The van der Waals surface area contributed by atoms with E-state index >= 15 is 0 Å². The van der Waals surface area contributed by atoms with Crippen LogP contribution in [0.15, 0.2) is 52.3 Å². The molecule has 0 saturated heterocycles. The first-order chi connectivity index (χ1) is 15.4. The minimum atomic E-state index is -4.13. The highest BCUT2D eigenvalue weighted by molar-refractivity contribution is 7.93. The number of anilines is 2. The molecule has 0 aliphatic carbocycles. The topological polar surface area (TPSA) is 137 Å². The molecule has 0 saturated carbocycles. The van der Waals surface area contributed by atoms with Crippen LogP contribution in [0.5, 0.6) is 11.9 Å². The van der Waals surface area contributed by atoms with Crippen LogP contribution < -0.4 is 18.9 Å². The molecule has 0 unspecified atom stereocenters. The standard InChI is InChI=1S/C18H15Cl3N4O6S2/c1-30-17-9-16(22-18(23-17)31-2)25-32(26,27)11-5-3-10(4-6-11)24-33(28,29)15-8-13(20)12(19)7-14(15)21/h3-9,24H,1-2H3,(H,22,23,25). The Hall–Kier alpha value is -2.51. The highest BCUT2D eigenvalue weighted by Gasteiger charge is 2.21. The molecule has 0 fully saturated rings. The summed E-state index contributed by atoms with van der Waals surface area (Å²) in [5.41, 5.74) is 0.0847. The average Bonchev–Trinajstić information content (AvgIpc) is 2.75. The van der Waals surface area contributed by atoms with Crippen molar-refractivity contribution in [3.05, 3.63) is 57.5 Å². The van der Waals surface area contributed by atoms with Crippen molar-refractivity contribution in [2.75, 3.05) is 23.7 Å². The van der Waals surface area contributed by atoms with Gasteiger partial charge in [0.25, 0.3) is 20.0 Å². The summed E-state index contributed by atoms with van der Waals surface area (Å²) in [5, 5.41) is -0.0236. The summed E-state index contributed by atoms with van der Waals surface area (Å²) in [4.78, 5) is 7.34. The molecule has 10 nitrogen and oxygen atoms in total. The summed E-state index contributed by atoms with van der Waals surface area (Å²) in [7, 11) is -5.54. The maximum atomic E-state index is 12.7. The number of aromatic nitrogens is 2. The van der Waals surface area contributed by atoms with Crippen LogP contribution in [0.1, 0.15) is 0 Å². The zero-order valence-electron chi connectivity index (χ0n) is 16.8. The lowest BCUT2D eigenvalue weighted by Gasteiger charge is -2.12. The van der Waals surface area contributed by atoms with E-state index in [1.165, 1.54) is 50.6 Å². The van der Waals surface area contributed by atoms with Gasteiger partial charge >= 0.3 is 6.01 Å². The Labute approximate surface area is 204 Å². The van der Waals surface area contributed by atoms with Crippen molar-refractivity contribution in [3.63, 3.8) is 0 Å². The predicted octanol–water partition coefficient (Wildman–Crippen LogP) is 4.06. The molecule has 3 aromatic rings. The third-order valence-electron chi connectivity index (χ3n) is 3.99. The van der Waals surface area contributed by atoms with Gasteiger partial charge in [-0.3, -0.25) is 9.44 Å². The molecule has 0 atom stereocenters. The second-order valence-electron chi connectivity index (χ2n) is 6.21. The zero-order valence-corrected chi connectivity index (χ0v) is 20.7. The Morgan fingerprint density at radius 1 is 0.758 bits per heavy atom. The van der Waals surface area contributed by atoms with Gasteiger partial charge in [-0.1, -0.05) is 34.8 Å². The van der Waals surface area contributed by atoms with E-state index in [1.807, 2.05) is 0 Å². The number of nitrogens with zero attached hydrogens (tertiary/aromatic N) is 2. The van der Waals surface area contributed by atoms with Crippen LogP contribution in [0.2, 0.25) is 15.1 Å². The lowest BCUT2D eigenvalue weighted by atomic mass is 10.3. The van der Waals surface area contributed by atoms with E-state index in [9.17, 15) is 16.8 Å². The number of nitrogens with one attached hydrogen (secondary N) is 2. The van der Waals surface area contributed by atoms with Crippen LogP contribution in [0.3, 0.4) is 0 Å². The second-order valence-corrected chi connectivity index (χ2v) is 10.8. The van der Waals surface area contributed by atoms with Gasteiger partial charge in [-0.25, -0.2) is 16.8 Å². The summed E-state index contributed by atoms with van der Waals surface area (Å²) in [6.45, 7) is 0. The monoisotopic (exact) mass is 552 g/mol. The molecule has 176 valence electrons. The summed E-state index contributed by atoms with van der Waals surface area (Å²) in [6, 6.07) is 8.41. The number of methoxy groups -OCH3 is 2. The van der Waals surface area contributed by atoms with Crippen molar-refractivity contribution < 1.29 is 26.3 Å². The first-order valence-electron chi connectivity index (χ1n) is 8.72. The third kappa shape index (κ3) is 5.89. The van der Waals surface area contributed by atoms with Crippen LogP contribution in [0.4, 0.5) is 11.5 Å². The largest absolute Gasteiger partial charge is 0.481 e. The first-order valence-corrected chi connectivity index (χ1v) is 12.8. The quantitative estimate of drug-likeness (QED) is 0.399. The molecular weight excluding hydrogens is 539 g/mol. The van der Waals surface area contributed by atoms with Crippen LogP contribution in [0.25, 0.3) is 0 Å². The fourth-order valence-corrected chi connectivity index (χ4v) is 5.52. The summed E-state index contributed by atoms with van der Waals surface area (Å²) in [5.74, 6) is 0.00278. The number of hydrogen-bond acceptors (Lipinski definition) is 8. The first kappa shape index (κ1) is 25.1. The van der Waals surface area contributed by atoms with E-state index in [4.69, 9.17) is 44.3 Å². The Bertz CT molecular complexity index is 1380. The molecule has 1 aromatic heterocycles. The Kier molecular flexibility index (Phi) is 7.44. The van der Waals surface area contributed by atoms with Gasteiger partial charge in [0.2, 0.25) is 5.88 Å². The fourth-order valence-electron chi connectivity index (χ4n) is 2.47. The van der Waals surface area contributed by atoms with E-state index in [-0.39, 0.29) is 48.3 Å². The molecule has 0 radical (unpaired) electrons. The molecular formula is C18H15Cl3N4O6S2. The van der Waals surface area contributed by atoms with Gasteiger partial charge in [-0.15, -0.1) is 0 Å². The minimum Gasteiger partial charge on any atom is -0.481 e. The van der Waals surface area contributed by atoms with Gasteiger partial charge in [-0.2, -0.15) is 9.97 Å². The number of rotatable bonds is 8. The number of sulfonamides is 2. The molecule has 0 amide bonds. The van der Waals surface area contributed by atoms with Gasteiger partial charge in [0.05, 0.1) is 34.2 Å². The maximum Gasteiger partial charge on any atom is 0.321 e. The summed E-state index contributed by atoms with van der Waals surface area (Å²) in [6.07, 6.45) is 0. The predicted molar refractivity (Wildman–Crippen MR) is 125 cm³/mol. The summed E-state index contributed by atoms with van der Waals surface area (Å²) < 4.78 is 65.2. The highest BCUT2D eigenvalue weighted by Crippen LogP contribution is 2.32. The molecule has 15 heteroatoms. The van der Waals surface area contributed by atoms with Crippen molar-refractivity contribution in [3.8, 4) is 11.9 Å².